The number of piperazine rings is 1. The molecule has 3 aliphatic heterocycles. The van der Waals surface area contributed by atoms with Crippen molar-refractivity contribution in [2.45, 2.75) is 76.4 Å². The van der Waals surface area contributed by atoms with Crippen molar-refractivity contribution in [3.05, 3.63) is 53.7 Å². The quantitative estimate of drug-likeness (QED) is 0.444. The number of para-hydroxylation sites is 1. The van der Waals surface area contributed by atoms with Gasteiger partial charge in [0.2, 0.25) is 5.91 Å². The van der Waals surface area contributed by atoms with Gasteiger partial charge in [0.25, 0.3) is 0 Å². The highest BCUT2D eigenvalue weighted by Crippen LogP contribution is 2.37. The molecule has 4 heterocycles. The predicted molar refractivity (Wildman–Crippen MR) is 164 cm³/mol. The maximum absolute atomic E-state index is 12.5. The van der Waals surface area contributed by atoms with E-state index in [1.807, 2.05) is 0 Å². The summed E-state index contributed by atoms with van der Waals surface area (Å²) in [5.74, 6) is 0.797. The second kappa shape index (κ2) is 12.7. The molecule has 0 unspecified atom stereocenters. The van der Waals surface area contributed by atoms with Crippen LogP contribution in [-0.4, -0.2) is 89.7 Å². The summed E-state index contributed by atoms with van der Waals surface area (Å²) < 4.78 is 6.37. The highest BCUT2D eigenvalue weighted by Gasteiger charge is 2.35. The first-order valence-electron chi connectivity index (χ1n) is 15.8. The second-order valence-corrected chi connectivity index (χ2v) is 12.0. The van der Waals surface area contributed by atoms with E-state index >= 15 is 0 Å². The molecular formula is C33H43N7O2. The summed E-state index contributed by atoms with van der Waals surface area (Å²) in [6.45, 7) is 11.4. The van der Waals surface area contributed by atoms with E-state index in [2.05, 4.69) is 58.5 Å². The smallest absolute Gasteiger partial charge is 0.318 e. The number of nitriles is 1. The summed E-state index contributed by atoms with van der Waals surface area (Å²) in [5, 5.41) is 9.54. The number of nitrogens with zero attached hydrogens (tertiary/aromatic N) is 7. The summed E-state index contributed by atoms with van der Waals surface area (Å²) in [4.78, 5) is 31.8. The number of hydrogen-bond acceptors (Lipinski definition) is 8. The fourth-order valence-electron chi connectivity index (χ4n) is 7.50. The molecule has 1 aliphatic carbocycles. The van der Waals surface area contributed by atoms with E-state index in [0.717, 1.165) is 63.3 Å². The van der Waals surface area contributed by atoms with Gasteiger partial charge in [0.15, 0.2) is 0 Å². The van der Waals surface area contributed by atoms with Gasteiger partial charge in [-0.3, -0.25) is 9.69 Å². The number of aryl methyl sites for hydroxylation is 1. The molecule has 0 spiro atoms. The maximum atomic E-state index is 12.5. The molecule has 4 aliphatic rings. The van der Waals surface area contributed by atoms with Crippen LogP contribution in [0.2, 0.25) is 0 Å². The number of carbonyl (C=O) groups is 1. The van der Waals surface area contributed by atoms with Gasteiger partial charge in [-0.25, -0.2) is 0 Å². The molecule has 2 saturated heterocycles. The van der Waals surface area contributed by atoms with Gasteiger partial charge in [-0.05, 0) is 69.3 Å². The Labute approximate surface area is 249 Å². The number of likely N-dealkylation sites (tertiary alicyclic amines) is 1. The molecule has 9 heteroatoms. The number of aromatic nitrogens is 2. The van der Waals surface area contributed by atoms with Crippen molar-refractivity contribution in [1.82, 2.24) is 19.8 Å². The van der Waals surface area contributed by atoms with Crippen molar-refractivity contribution >= 4 is 17.4 Å². The lowest BCUT2D eigenvalue weighted by atomic mass is 9.88. The Bertz CT molecular complexity index is 1340. The van der Waals surface area contributed by atoms with Crippen molar-refractivity contribution in [3.63, 3.8) is 0 Å². The van der Waals surface area contributed by atoms with E-state index in [1.54, 1.807) is 4.90 Å². The zero-order valence-corrected chi connectivity index (χ0v) is 24.9. The SMILES string of the molecule is C=CC(=O)N1CCN(c2nc(OC[C@@H]3CCCN3CC)nc3c2CC[C@H](N2CCCc4ccccc42)C3)C[C@@H]1CC#N. The summed E-state index contributed by atoms with van der Waals surface area (Å²) in [7, 11) is 0. The molecule has 1 aromatic carbocycles. The average molecular weight is 570 g/mol. The van der Waals surface area contributed by atoms with Gasteiger partial charge in [0, 0.05) is 55.9 Å². The maximum Gasteiger partial charge on any atom is 0.318 e. The van der Waals surface area contributed by atoms with E-state index in [1.165, 1.54) is 35.7 Å². The van der Waals surface area contributed by atoms with Crippen LogP contribution in [0.15, 0.2) is 36.9 Å². The number of carbonyl (C=O) groups excluding carboxylic acids is 1. The number of hydrogen-bond donors (Lipinski definition) is 0. The van der Waals surface area contributed by atoms with Gasteiger partial charge >= 0.3 is 6.01 Å². The third-order valence-electron chi connectivity index (χ3n) is 9.67. The predicted octanol–water partition coefficient (Wildman–Crippen LogP) is 3.77. The molecule has 222 valence electrons. The van der Waals surface area contributed by atoms with Gasteiger partial charge in [-0.1, -0.05) is 31.7 Å². The van der Waals surface area contributed by atoms with Crippen LogP contribution >= 0.6 is 0 Å². The number of benzene rings is 1. The Morgan fingerprint density at radius 1 is 1.12 bits per heavy atom. The first-order chi connectivity index (χ1) is 20.6. The Morgan fingerprint density at radius 3 is 2.83 bits per heavy atom. The highest BCUT2D eigenvalue weighted by atomic mass is 16.5. The lowest BCUT2D eigenvalue weighted by Gasteiger charge is -2.43. The number of likely N-dealkylation sites (N-methyl/N-ethyl adjacent to an activating group) is 1. The molecule has 1 aromatic heterocycles. The Kier molecular flexibility index (Phi) is 8.61. The molecule has 2 fully saturated rings. The van der Waals surface area contributed by atoms with Crippen molar-refractivity contribution in [3.8, 4) is 12.1 Å². The zero-order chi connectivity index (χ0) is 29.1. The van der Waals surface area contributed by atoms with Crippen LogP contribution in [0.4, 0.5) is 11.5 Å². The number of fused-ring (bicyclic) bond motifs is 2. The molecule has 3 atom stereocenters. The molecular weight excluding hydrogens is 526 g/mol. The zero-order valence-electron chi connectivity index (χ0n) is 24.9. The van der Waals surface area contributed by atoms with Crippen LogP contribution in [0, 0.1) is 11.3 Å². The number of anilines is 2. The van der Waals surface area contributed by atoms with Crippen LogP contribution in [0.25, 0.3) is 0 Å². The van der Waals surface area contributed by atoms with Crippen LogP contribution in [0.1, 0.15) is 55.8 Å². The lowest BCUT2D eigenvalue weighted by molar-refractivity contribution is -0.128. The summed E-state index contributed by atoms with van der Waals surface area (Å²) in [6.07, 6.45) is 9.07. The molecule has 9 nitrogen and oxygen atoms in total. The van der Waals surface area contributed by atoms with Crippen molar-refractivity contribution in [1.29, 1.82) is 5.26 Å². The monoisotopic (exact) mass is 569 g/mol. The molecule has 1 amide bonds. The van der Waals surface area contributed by atoms with E-state index < -0.39 is 0 Å². The molecule has 2 aromatic rings. The van der Waals surface area contributed by atoms with Crippen molar-refractivity contribution < 1.29 is 9.53 Å². The van der Waals surface area contributed by atoms with Crippen molar-refractivity contribution in [2.75, 3.05) is 55.7 Å². The van der Waals surface area contributed by atoms with Crippen LogP contribution in [0.5, 0.6) is 6.01 Å². The largest absolute Gasteiger partial charge is 0.462 e. The van der Waals surface area contributed by atoms with Gasteiger partial charge in [0.1, 0.15) is 12.4 Å². The lowest BCUT2D eigenvalue weighted by Crippen LogP contribution is -2.55. The normalized spacial score (nSPS) is 24.1. The van der Waals surface area contributed by atoms with Gasteiger partial charge in [0.05, 0.1) is 24.2 Å². The molecule has 0 saturated carbocycles. The molecule has 0 radical (unpaired) electrons. The molecule has 6 rings (SSSR count). The van der Waals surface area contributed by atoms with E-state index in [0.29, 0.717) is 44.3 Å². The Morgan fingerprint density at radius 2 is 2.00 bits per heavy atom. The van der Waals surface area contributed by atoms with Crippen LogP contribution in [-0.2, 0) is 24.1 Å². The highest BCUT2D eigenvalue weighted by molar-refractivity contribution is 5.87. The van der Waals surface area contributed by atoms with E-state index in [9.17, 15) is 10.1 Å². The van der Waals surface area contributed by atoms with Gasteiger partial charge < -0.3 is 19.4 Å². The Hall–Kier alpha value is -3.64. The summed E-state index contributed by atoms with van der Waals surface area (Å²) in [6, 6.07) is 12.1. The van der Waals surface area contributed by atoms with Gasteiger partial charge in [-0.15, -0.1) is 0 Å². The molecule has 42 heavy (non-hydrogen) atoms. The minimum absolute atomic E-state index is 0.120. The third-order valence-corrected chi connectivity index (χ3v) is 9.67. The summed E-state index contributed by atoms with van der Waals surface area (Å²) >= 11 is 0. The summed E-state index contributed by atoms with van der Waals surface area (Å²) in [5.41, 5.74) is 5.08. The van der Waals surface area contributed by atoms with Crippen LogP contribution in [0.3, 0.4) is 0 Å². The first kappa shape index (κ1) is 28.5. The standard InChI is InChI=1S/C33H43N7O2/c1-3-31(41)40-20-19-38(22-26(40)15-16-34)32-28-14-13-25(39-18-7-10-24-9-5-6-12-30(24)39)21-29(28)35-33(36-32)42-23-27-11-8-17-37(27)4-2/h3,5-6,9,12,25-27H,1,4,7-8,10-11,13-15,17-23H2,2H3/t25-,26-,27-/m0/s1. The first-order valence-corrected chi connectivity index (χ1v) is 15.8. The number of amides is 1. The van der Waals surface area contributed by atoms with Gasteiger partial charge in [-0.2, -0.15) is 15.2 Å². The average Bonchev–Trinajstić information content (AvgIpc) is 3.50. The fourth-order valence-corrected chi connectivity index (χ4v) is 7.50. The van der Waals surface area contributed by atoms with Crippen molar-refractivity contribution in [2.24, 2.45) is 0 Å². The minimum Gasteiger partial charge on any atom is -0.462 e. The second-order valence-electron chi connectivity index (χ2n) is 12.0. The van der Waals surface area contributed by atoms with Crippen LogP contribution < -0.4 is 14.5 Å². The number of ether oxygens (including phenoxy) is 1. The number of rotatable bonds is 8. The van der Waals surface area contributed by atoms with E-state index in [4.69, 9.17) is 14.7 Å². The fraction of sp³-hybridized carbons (Fsp3) is 0.576. The van der Waals surface area contributed by atoms with E-state index in [-0.39, 0.29) is 18.4 Å². The third kappa shape index (κ3) is 5.69. The molecule has 0 bridgehead atoms. The Balaban J connectivity index is 1.29. The molecule has 0 N–H and O–H groups in total. The topological polar surface area (TPSA) is 88.8 Å². The minimum atomic E-state index is -0.206.